The van der Waals surface area contributed by atoms with Crippen LogP contribution in [0, 0.1) is 10.8 Å². The lowest BCUT2D eigenvalue weighted by molar-refractivity contribution is -0.196. The zero-order chi connectivity index (χ0) is 12.5. The summed E-state index contributed by atoms with van der Waals surface area (Å²) in [7, 11) is 0. The number of carbonyl (C=O) groups excluding carboxylic acids is 1. The zero-order valence-corrected chi connectivity index (χ0v) is 9.66. The van der Waals surface area contributed by atoms with Crippen molar-refractivity contribution < 1.29 is 22.7 Å². The van der Waals surface area contributed by atoms with Crippen LogP contribution in [-0.4, -0.2) is 18.8 Å². The standard InChI is InChI=1S/C10H17F3O2/c1-8(2,3)9(4,5)7(14)15-6-10(11,12)13/h6H2,1-5H3. The second-order valence-electron chi connectivity index (χ2n) is 5.07. The van der Waals surface area contributed by atoms with Gasteiger partial charge in [0.1, 0.15) is 0 Å². The number of hydrogen-bond donors (Lipinski definition) is 0. The molecule has 0 unspecified atom stereocenters. The van der Waals surface area contributed by atoms with Gasteiger partial charge in [-0.1, -0.05) is 20.8 Å². The van der Waals surface area contributed by atoms with Crippen molar-refractivity contribution in [2.75, 3.05) is 6.61 Å². The lowest BCUT2D eigenvalue weighted by Gasteiger charge is -2.36. The van der Waals surface area contributed by atoms with E-state index in [1.54, 1.807) is 34.6 Å². The normalized spacial score (nSPS) is 13.9. The summed E-state index contributed by atoms with van der Waals surface area (Å²) in [6, 6.07) is 0. The molecule has 0 N–H and O–H groups in total. The molecule has 0 bridgehead atoms. The Morgan fingerprint density at radius 3 is 1.73 bits per heavy atom. The van der Waals surface area contributed by atoms with Crippen molar-refractivity contribution in [2.45, 2.75) is 40.8 Å². The summed E-state index contributed by atoms with van der Waals surface area (Å²) in [5.74, 6) is -0.827. The number of esters is 1. The molecule has 0 spiro atoms. The first-order valence-electron chi connectivity index (χ1n) is 4.62. The quantitative estimate of drug-likeness (QED) is 0.676. The number of carbonyl (C=O) groups is 1. The van der Waals surface area contributed by atoms with E-state index in [-0.39, 0.29) is 0 Å². The molecule has 0 aliphatic carbocycles. The van der Waals surface area contributed by atoms with Gasteiger partial charge in [0.25, 0.3) is 0 Å². The molecule has 0 radical (unpaired) electrons. The molecular formula is C10H17F3O2. The van der Waals surface area contributed by atoms with Gasteiger partial charge in [-0.05, 0) is 19.3 Å². The second-order valence-corrected chi connectivity index (χ2v) is 5.07. The number of rotatable bonds is 2. The van der Waals surface area contributed by atoms with Crippen molar-refractivity contribution in [1.29, 1.82) is 0 Å². The molecule has 0 aliphatic heterocycles. The van der Waals surface area contributed by atoms with Crippen LogP contribution < -0.4 is 0 Å². The Morgan fingerprint density at radius 2 is 1.47 bits per heavy atom. The van der Waals surface area contributed by atoms with Crippen LogP contribution in [0.5, 0.6) is 0 Å². The number of hydrogen-bond acceptors (Lipinski definition) is 2. The van der Waals surface area contributed by atoms with Crippen LogP contribution in [0.1, 0.15) is 34.6 Å². The fraction of sp³-hybridized carbons (Fsp3) is 0.900. The van der Waals surface area contributed by atoms with Crippen molar-refractivity contribution in [2.24, 2.45) is 10.8 Å². The van der Waals surface area contributed by atoms with E-state index in [9.17, 15) is 18.0 Å². The zero-order valence-electron chi connectivity index (χ0n) is 9.66. The first-order chi connectivity index (χ1) is 6.38. The Morgan fingerprint density at radius 1 is 1.07 bits per heavy atom. The Hall–Kier alpha value is -0.740. The minimum Gasteiger partial charge on any atom is -0.456 e. The first-order valence-corrected chi connectivity index (χ1v) is 4.62. The molecule has 0 amide bonds. The van der Waals surface area contributed by atoms with Gasteiger partial charge in [-0.25, -0.2) is 0 Å². The molecule has 0 aliphatic rings. The van der Waals surface area contributed by atoms with Gasteiger partial charge in [0.05, 0.1) is 5.41 Å². The number of alkyl halides is 3. The van der Waals surface area contributed by atoms with Gasteiger partial charge < -0.3 is 4.74 Å². The Bertz CT molecular complexity index is 236. The SMILES string of the molecule is CC(C)(C)C(C)(C)C(=O)OCC(F)(F)F. The topological polar surface area (TPSA) is 26.3 Å². The maximum absolute atomic E-state index is 11.8. The Labute approximate surface area is 87.8 Å². The van der Waals surface area contributed by atoms with Gasteiger partial charge in [0.15, 0.2) is 6.61 Å². The summed E-state index contributed by atoms with van der Waals surface area (Å²) >= 11 is 0. The minimum absolute atomic E-state index is 0.449. The van der Waals surface area contributed by atoms with E-state index in [1.165, 1.54) is 0 Å². The van der Waals surface area contributed by atoms with Crippen molar-refractivity contribution >= 4 is 5.97 Å². The second kappa shape index (κ2) is 4.02. The van der Waals surface area contributed by atoms with E-state index >= 15 is 0 Å². The van der Waals surface area contributed by atoms with Crippen molar-refractivity contribution in [3.8, 4) is 0 Å². The van der Waals surface area contributed by atoms with Crippen LogP contribution in [0.3, 0.4) is 0 Å². The van der Waals surface area contributed by atoms with Crippen LogP contribution in [-0.2, 0) is 9.53 Å². The molecule has 0 saturated heterocycles. The predicted octanol–water partition coefficient (Wildman–Crippen LogP) is 3.16. The van der Waals surface area contributed by atoms with Gasteiger partial charge in [0, 0.05) is 0 Å². The summed E-state index contributed by atoms with van der Waals surface area (Å²) in [6.07, 6.45) is -4.47. The van der Waals surface area contributed by atoms with E-state index in [0.717, 1.165) is 0 Å². The van der Waals surface area contributed by atoms with Crippen LogP contribution in [0.25, 0.3) is 0 Å². The average molecular weight is 226 g/mol. The highest BCUT2D eigenvalue weighted by Crippen LogP contribution is 2.39. The molecule has 0 aromatic rings. The van der Waals surface area contributed by atoms with Gasteiger partial charge in [-0.15, -0.1) is 0 Å². The third kappa shape index (κ3) is 4.10. The van der Waals surface area contributed by atoms with E-state index in [1.807, 2.05) is 0 Å². The van der Waals surface area contributed by atoms with Crippen LogP contribution in [0.15, 0.2) is 0 Å². The molecule has 0 heterocycles. The summed E-state index contributed by atoms with van der Waals surface area (Å²) in [4.78, 5) is 11.4. The summed E-state index contributed by atoms with van der Waals surface area (Å²) < 4.78 is 39.7. The highest BCUT2D eigenvalue weighted by Gasteiger charge is 2.42. The summed E-state index contributed by atoms with van der Waals surface area (Å²) in [5.41, 5.74) is -1.39. The molecule has 0 atom stereocenters. The minimum atomic E-state index is -4.47. The van der Waals surface area contributed by atoms with Crippen molar-refractivity contribution in [3.63, 3.8) is 0 Å². The molecule has 0 aromatic carbocycles. The number of halogens is 3. The van der Waals surface area contributed by atoms with Gasteiger partial charge in [0.2, 0.25) is 0 Å². The largest absolute Gasteiger partial charge is 0.456 e. The van der Waals surface area contributed by atoms with E-state index in [2.05, 4.69) is 4.74 Å². The molecule has 15 heavy (non-hydrogen) atoms. The van der Waals surface area contributed by atoms with Crippen LogP contribution in [0.4, 0.5) is 13.2 Å². The smallest absolute Gasteiger partial charge is 0.422 e. The lowest BCUT2D eigenvalue weighted by atomic mass is 9.69. The van der Waals surface area contributed by atoms with Gasteiger partial charge in [-0.2, -0.15) is 13.2 Å². The maximum Gasteiger partial charge on any atom is 0.422 e. The molecule has 2 nitrogen and oxygen atoms in total. The van der Waals surface area contributed by atoms with E-state index in [0.29, 0.717) is 0 Å². The Balaban J connectivity index is 4.47. The maximum atomic E-state index is 11.8. The molecular weight excluding hydrogens is 209 g/mol. The van der Waals surface area contributed by atoms with Crippen LogP contribution in [0.2, 0.25) is 0 Å². The summed E-state index contributed by atoms with van der Waals surface area (Å²) in [5, 5.41) is 0. The van der Waals surface area contributed by atoms with E-state index < -0.39 is 29.6 Å². The van der Waals surface area contributed by atoms with Gasteiger partial charge in [-0.3, -0.25) is 4.79 Å². The monoisotopic (exact) mass is 226 g/mol. The first kappa shape index (κ1) is 14.3. The van der Waals surface area contributed by atoms with Crippen molar-refractivity contribution in [3.05, 3.63) is 0 Å². The van der Waals surface area contributed by atoms with E-state index in [4.69, 9.17) is 0 Å². The summed E-state index contributed by atoms with van der Waals surface area (Å²) in [6.45, 7) is 6.97. The average Bonchev–Trinajstić information content (AvgIpc) is 1.96. The number of ether oxygens (including phenoxy) is 1. The third-order valence-electron chi connectivity index (χ3n) is 2.75. The molecule has 0 saturated carbocycles. The Kier molecular flexibility index (Phi) is 3.82. The third-order valence-corrected chi connectivity index (χ3v) is 2.75. The lowest BCUT2D eigenvalue weighted by Crippen LogP contribution is -2.40. The van der Waals surface area contributed by atoms with Gasteiger partial charge >= 0.3 is 12.1 Å². The fourth-order valence-corrected chi connectivity index (χ4v) is 0.634. The molecule has 5 heteroatoms. The molecule has 0 aromatic heterocycles. The highest BCUT2D eigenvalue weighted by atomic mass is 19.4. The fourth-order valence-electron chi connectivity index (χ4n) is 0.634. The van der Waals surface area contributed by atoms with Crippen LogP contribution >= 0.6 is 0 Å². The highest BCUT2D eigenvalue weighted by molar-refractivity contribution is 5.76. The molecule has 0 fully saturated rings. The predicted molar refractivity (Wildman–Crippen MR) is 50.3 cm³/mol. The van der Waals surface area contributed by atoms with Crippen molar-refractivity contribution in [1.82, 2.24) is 0 Å². The molecule has 0 rings (SSSR count). The molecule has 90 valence electrons.